The number of benzene rings is 1. The first kappa shape index (κ1) is 17.2. The summed E-state index contributed by atoms with van der Waals surface area (Å²) in [4.78, 5) is 16.6. The molecule has 1 heterocycles. The van der Waals surface area contributed by atoms with Gasteiger partial charge < -0.3 is 10.6 Å². The van der Waals surface area contributed by atoms with E-state index in [-0.39, 0.29) is 5.91 Å². The van der Waals surface area contributed by atoms with E-state index in [0.29, 0.717) is 24.5 Å². The Bertz CT molecular complexity index is 725. The van der Waals surface area contributed by atoms with Gasteiger partial charge in [0.1, 0.15) is 5.82 Å². The van der Waals surface area contributed by atoms with E-state index in [1.165, 1.54) is 36.8 Å². The second kappa shape index (κ2) is 9.02. The maximum atomic E-state index is 12.3. The number of amides is 1. The van der Waals surface area contributed by atoms with Crippen molar-refractivity contribution >= 4 is 11.7 Å². The van der Waals surface area contributed by atoms with E-state index in [0.717, 1.165) is 6.42 Å². The van der Waals surface area contributed by atoms with Gasteiger partial charge in [-0.05, 0) is 49.8 Å². The van der Waals surface area contributed by atoms with Crippen molar-refractivity contribution in [2.45, 2.75) is 38.6 Å². The standard InChI is InChI=1S/C21H25N3O/c25-21(23-13-11-17-7-3-1-4-8-17)19-12-14-22-20(15-19)24-16-18-9-5-2-6-10-18/h2,5-7,9-10,12,14-15H,1,3-4,8,11,13,16H2,(H,22,24)(H,23,25). The average molecular weight is 335 g/mol. The Kier molecular flexibility index (Phi) is 6.21. The van der Waals surface area contributed by atoms with Crippen molar-refractivity contribution in [3.05, 3.63) is 71.4 Å². The van der Waals surface area contributed by atoms with Crippen molar-refractivity contribution < 1.29 is 4.79 Å². The van der Waals surface area contributed by atoms with Crippen LogP contribution >= 0.6 is 0 Å². The third kappa shape index (κ3) is 5.45. The molecule has 0 unspecified atom stereocenters. The van der Waals surface area contributed by atoms with Gasteiger partial charge in [0.05, 0.1) is 0 Å². The van der Waals surface area contributed by atoms with Gasteiger partial charge in [-0.1, -0.05) is 42.0 Å². The van der Waals surface area contributed by atoms with Crippen molar-refractivity contribution in [3.63, 3.8) is 0 Å². The first-order valence-corrected chi connectivity index (χ1v) is 9.01. The van der Waals surface area contributed by atoms with Gasteiger partial charge in [-0.2, -0.15) is 0 Å². The molecular weight excluding hydrogens is 310 g/mol. The SMILES string of the molecule is O=C(NCCC1=CCCCC1)c1ccnc(NCc2ccccc2)c1. The summed E-state index contributed by atoms with van der Waals surface area (Å²) in [5.74, 6) is 0.674. The molecule has 0 saturated carbocycles. The van der Waals surface area contributed by atoms with Crippen molar-refractivity contribution in [3.8, 4) is 0 Å². The molecule has 0 saturated heterocycles. The highest BCUT2D eigenvalue weighted by atomic mass is 16.1. The number of allylic oxidation sites excluding steroid dienone is 1. The molecule has 1 aromatic carbocycles. The van der Waals surface area contributed by atoms with E-state index in [1.807, 2.05) is 18.2 Å². The van der Waals surface area contributed by atoms with Crippen molar-refractivity contribution in [2.24, 2.45) is 0 Å². The molecule has 1 amide bonds. The number of carbonyl (C=O) groups excluding carboxylic acids is 1. The van der Waals surface area contributed by atoms with Crippen LogP contribution in [0.4, 0.5) is 5.82 Å². The van der Waals surface area contributed by atoms with Crippen molar-refractivity contribution in [2.75, 3.05) is 11.9 Å². The molecule has 1 aromatic heterocycles. The van der Waals surface area contributed by atoms with Gasteiger partial charge in [0.25, 0.3) is 5.91 Å². The second-order valence-electron chi connectivity index (χ2n) is 6.38. The molecule has 0 bridgehead atoms. The van der Waals surface area contributed by atoms with Crippen molar-refractivity contribution in [1.29, 1.82) is 0 Å². The number of nitrogens with zero attached hydrogens (tertiary/aromatic N) is 1. The molecular formula is C21H25N3O. The lowest BCUT2D eigenvalue weighted by atomic mass is 9.97. The Morgan fingerprint density at radius 2 is 2.00 bits per heavy atom. The maximum Gasteiger partial charge on any atom is 0.251 e. The molecule has 1 aliphatic rings. The van der Waals surface area contributed by atoms with Crippen LogP contribution in [-0.4, -0.2) is 17.4 Å². The van der Waals surface area contributed by atoms with Crippen LogP contribution in [0.25, 0.3) is 0 Å². The predicted molar refractivity (Wildman–Crippen MR) is 102 cm³/mol. The van der Waals surface area contributed by atoms with Crippen LogP contribution in [0.15, 0.2) is 60.3 Å². The van der Waals surface area contributed by atoms with Crippen LogP contribution in [-0.2, 0) is 6.54 Å². The molecule has 0 atom stereocenters. The first-order chi connectivity index (χ1) is 12.3. The van der Waals surface area contributed by atoms with E-state index < -0.39 is 0 Å². The summed E-state index contributed by atoms with van der Waals surface area (Å²) >= 11 is 0. The zero-order chi connectivity index (χ0) is 17.3. The van der Waals surface area contributed by atoms with Gasteiger partial charge in [-0.25, -0.2) is 4.98 Å². The van der Waals surface area contributed by atoms with Crippen LogP contribution in [0.5, 0.6) is 0 Å². The van der Waals surface area contributed by atoms with Crippen molar-refractivity contribution in [1.82, 2.24) is 10.3 Å². The molecule has 0 fully saturated rings. The second-order valence-corrected chi connectivity index (χ2v) is 6.38. The van der Waals surface area contributed by atoms with E-state index in [9.17, 15) is 4.79 Å². The molecule has 0 spiro atoms. The number of carbonyl (C=O) groups is 1. The summed E-state index contributed by atoms with van der Waals surface area (Å²) in [5, 5.41) is 6.28. The van der Waals surface area contributed by atoms with Crippen LogP contribution in [0.3, 0.4) is 0 Å². The van der Waals surface area contributed by atoms with Crippen LogP contribution in [0.2, 0.25) is 0 Å². The van der Waals surface area contributed by atoms with Crippen LogP contribution < -0.4 is 10.6 Å². The summed E-state index contributed by atoms with van der Waals surface area (Å²) in [5.41, 5.74) is 3.30. The molecule has 0 aliphatic heterocycles. The normalized spacial score (nSPS) is 13.8. The molecule has 1 aliphatic carbocycles. The fraction of sp³-hybridized carbons (Fsp3) is 0.333. The average Bonchev–Trinajstić information content (AvgIpc) is 2.68. The summed E-state index contributed by atoms with van der Waals surface area (Å²) < 4.78 is 0. The topological polar surface area (TPSA) is 54.0 Å². The predicted octanol–water partition coefficient (Wildman–Crippen LogP) is 4.31. The maximum absolute atomic E-state index is 12.3. The number of rotatable bonds is 7. The summed E-state index contributed by atoms with van der Waals surface area (Å²) in [6.07, 6.45) is 9.89. The molecule has 2 aromatic rings. The minimum absolute atomic E-state index is 0.0402. The first-order valence-electron chi connectivity index (χ1n) is 9.01. The van der Waals surface area contributed by atoms with E-state index in [2.05, 4.69) is 33.8 Å². The lowest BCUT2D eigenvalue weighted by molar-refractivity contribution is 0.0954. The molecule has 130 valence electrons. The number of pyridine rings is 1. The molecule has 4 heteroatoms. The van der Waals surface area contributed by atoms with Gasteiger partial charge in [-0.3, -0.25) is 4.79 Å². The summed E-state index contributed by atoms with van der Waals surface area (Å²) in [6.45, 7) is 1.38. The number of hydrogen-bond donors (Lipinski definition) is 2. The smallest absolute Gasteiger partial charge is 0.251 e. The Balaban J connectivity index is 1.49. The zero-order valence-corrected chi connectivity index (χ0v) is 14.5. The zero-order valence-electron chi connectivity index (χ0n) is 14.5. The Hall–Kier alpha value is -2.62. The van der Waals surface area contributed by atoms with E-state index in [1.54, 1.807) is 18.3 Å². The Morgan fingerprint density at radius 3 is 2.80 bits per heavy atom. The minimum Gasteiger partial charge on any atom is -0.366 e. The van der Waals surface area contributed by atoms with Gasteiger partial charge >= 0.3 is 0 Å². The fourth-order valence-corrected chi connectivity index (χ4v) is 3.03. The third-order valence-electron chi connectivity index (χ3n) is 4.46. The van der Waals surface area contributed by atoms with E-state index in [4.69, 9.17) is 0 Å². The lowest BCUT2D eigenvalue weighted by Gasteiger charge is -2.13. The van der Waals surface area contributed by atoms with Gasteiger partial charge in [-0.15, -0.1) is 0 Å². The highest BCUT2D eigenvalue weighted by molar-refractivity contribution is 5.94. The van der Waals surface area contributed by atoms with E-state index >= 15 is 0 Å². The summed E-state index contributed by atoms with van der Waals surface area (Å²) in [6, 6.07) is 13.7. The molecule has 3 rings (SSSR count). The van der Waals surface area contributed by atoms with Crippen LogP contribution in [0.1, 0.15) is 48.0 Å². The Labute approximate surface area is 149 Å². The number of aromatic nitrogens is 1. The fourth-order valence-electron chi connectivity index (χ4n) is 3.03. The third-order valence-corrected chi connectivity index (χ3v) is 4.46. The molecule has 0 radical (unpaired) electrons. The number of hydrogen-bond acceptors (Lipinski definition) is 3. The molecule has 25 heavy (non-hydrogen) atoms. The Morgan fingerprint density at radius 1 is 1.12 bits per heavy atom. The van der Waals surface area contributed by atoms with Gasteiger partial charge in [0.2, 0.25) is 0 Å². The van der Waals surface area contributed by atoms with Gasteiger partial charge in [0, 0.05) is 24.8 Å². The highest BCUT2D eigenvalue weighted by Crippen LogP contribution is 2.19. The molecule has 2 N–H and O–H groups in total. The van der Waals surface area contributed by atoms with Gasteiger partial charge in [0.15, 0.2) is 0 Å². The quantitative estimate of drug-likeness (QED) is 0.741. The summed E-state index contributed by atoms with van der Waals surface area (Å²) in [7, 11) is 0. The monoisotopic (exact) mass is 335 g/mol. The van der Waals surface area contributed by atoms with Crippen LogP contribution in [0, 0.1) is 0 Å². The highest BCUT2D eigenvalue weighted by Gasteiger charge is 2.08. The number of nitrogens with one attached hydrogen (secondary N) is 2. The molecule has 4 nitrogen and oxygen atoms in total. The lowest BCUT2D eigenvalue weighted by Crippen LogP contribution is -2.25. The minimum atomic E-state index is -0.0402. The number of anilines is 1. The largest absolute Gasteiger partial charge is 0.366 e.